The molecule has 34 heavy (non-hydrogen) atoms. The molecule has 4 rings (SSSR count). The standard InChI is InChI=1S/C26H30ClN3O3S/c1-19-23(26(31)28-21-11-9-20(10-12-21)18-34(32)33)17-30(16-15-29-13-5-2-6-14-29)25(19)22-7-3-4-8-24(22)27/h3-4,7-12,17,34H,2,5-6,13-16,18H2,1H3,(H,28,31). The zero-order chi connectivity index (χ0) is 24.1. The van der Waals surface area contributed by atoms with E-state index in [0.717, 1.165) is 43.0 Å². The molecule has 3 aromatic rings. The van der Waals surface area contributed by atoms with Crippen molar-refractivity contribution in [1.29, 1.82) is 0 Å². The third kappa shape index (κ3) is 5.90. The molecule has 0 saturated carbocycles. The van der Waals surface area contributed by atoms with Crippen LogP contribution in [-0.2, 0) is 23.0 Å². The van der Waals surface area contributed by atoms with Gasteiger partial charge in [-0.2, -0.15) is 0 Å². The molecule has 0 radical (unpaired) electrons. The summed E-state index contributed by atoms with van der Waals surface area (Å²) < 4.78 is 24.0. The molecule has 0 aliphatic carbocycles. The molecular weight excluding hydrogens is 470 g/mol. The van der Waals surface area contributed by atoms with E-state index < -0.39 is 10.7 Å². The molecule has 1 N–H and O–H groups in total. The second-order valence-corrected chi connectivity index (χ2v) is 10.1. The monoisotopic (exact) mass is 499 g/mol. The summed E-state index contributed by atoms with van der Waals surface area (Å²) >= 11 is 6.55. The van der Waals surface area contributed by atoms with Crippen LogP contribution in [0.15, 0.2) is 54.7 Å². The summed E-state index contributed by atoms with van der Waals surface area (Å²) in [7, 11) is -2.48. The van der Waals surface area contributed by atoms with Crippen molar-refractivity contribution >= 4 is 33.9 Å². The Morgan fingerprint density at radius 3 is 2.38 bits per heavy atom. The number of thiol groups is 1. The quantitative estimate of drug-likeness (QED) is 0.429. The van der Waals surface area contributed by atoms with Gasteiger partial charge < -0.3 is 14.8 Å². The van der Waals surface area contributed by atoms with Gasteiger partial charge in [-0.1, -0.05) is 48.4 Å². The predicted molar refractivity (Wildman–Crippen MR) is 138 cm³/mol. The molecule has 1 saturated heterocycles. The van der Waals surface area contributed by atoms with Crippen LogP contribution in [0.25, 0.3) is 11.3 Å². The summed E-state index contributed by atoms with van der Waals surface area (Å²) in [6.45, 7) is 5.89. The van der Waals surface area contributed by atoms with Crippen LogP contribution < -0.4 is 5.32 Å². The van der Waals surface area contributed by atoms with Crippen LogP contribution in [0.5, 0.6) is 0 Å². The van der Waals surface area contributed by atoms with Crippen LogP contribution in [0.4, 0.5) is 5.69 Å². The zero-order valence-electron chi connectivity index (χ0n) is 19.3. The second kappa shape index (κ2) is 11.2. The second-order valence-electron chi connectivity index (χ2n) is 8.73. The zero-order valence-corrected chi connectivity index (χ0v) is 20.9. The van der Waals surface area contributed by atoms with Gasteiger partial charge in [0.1, 0.15) is 10.7 Å². The van der Waals surface area contributed by atoms with Crippen molar-refractivity contribution in [2.75, 3.05) is 25.0 Å². The first-order valence-electron chi connectivity index (χ1n) is 11.6. The minimum absolute atomic E-state index is 0.0102. The first-order chi connectivity index (χ1) is 16.4. The maximum absolute atomic E-state index is 13.2. The topological polar surface area (TPSA) is 71.4 Å². The Kier molecular flexibility index (Phi) is 8.08. The lowest BCUT2D eigenvalue weighted by Gasteiger charge is -2.27. The molecule has 0 bridgehead atoms. The van der Waals surface area contributed by atoms with E-state index in [1.807, 2.05) is 37.4 Å². The third-order valence-corrected chi connectivity index (χ3v) is 7.29. The minimum atomic E-state index is -2.48. The van der Waals surface area contributed by atoms with Gasteiger partial charge in [0.2, 0.25) is 0 Å². The first-order valence-corrected chi connectivity index (χ1v) is 13.4. The molecule has 2 aromatic carbocycles. The molecule has 8 heteroatoms. The summed E-state index contributed by atoms with van der Waals surface area (Å²) in [4.78, 5) is 15.7. The SMILES string of the molecule is Cc1c(C(=O)Nc2ccc(C[SH](=O)=O)cc2)cn(CCN2CCCCC2)c1-c1ccccc1Cl. The van der Waals surface area contributed by atoms with Crippen molar-refractivity contribution in [3.8, 4) is 11.3 Å². The van der Waals surface area contributed by atoms with Crippen LogP contribution in [-0.4, -0.2) is 43.4 Å². The number of carbonyl (C=O) groups is 1. The number of aromatic nitrogens is 1. The van der Waals surface area contributed by atoms with E-state index in [9.17, 15) is 13.2 Å². The number of nitrogens with zero attached hydrogens (tertiary/aromatic N) is 2. The Bertz CT molecular complexity index is 1220. The first kappa shape index (κ1) is 24.5. The average Bonchev–Trinajstić information content (AvgIpc) is 3.15. The van der Waals surface area contributed by atoms with Gasteiger partial charge in [-0.3, -0.25) is 4.79 Å². The van der Waals surface area contributed by atoms with Gasteiger partial charge in [0.15, 0.2) is 0 Å². The summed E-state index contributed by atoms with van der Waals surface area (Å²) in [5.74, 6) is -0.214. The minimum Gasteiger partial charge on any atom is -0.345 e. The summed E-state index contributed by atoms with van der Waals surface area (Å²) in [6.07, 6.45) is 5.69. The van der Waals surface area contributed by atoms with Gasteiger partial charge in [-0.25, -0.2) is 8.42 Å². The predicted octanol–water partition coefficient (Wildman–Crippen LogP) is 4.97. The molecular formula is C26H30ClN3O3S. The van der Waals surface area contributed by atoms with Crippen LogP contribution in [0.3, 0.4) is 0 Å². The number of hydrogen-bond donors (Lipinski definition) is 2. The number of rotatable bonds is 8. The van der Waals surface area contributed by atoms with Crippen molar-refractivity contribution in [3.63, 3.8) is 0 Å². The molecule has 0 spiro atoms. The molecule has 1 aliphatic rings. The van der Waals surface area contributed by atoms with Crippen LogP contribution in [0.1, 0.15) is 40.7 Å². The largest absolute Gasteiger partial charge is 0.345 e. The Morgan fingerprint density at radius 1 is 1.00 bits per heavy atom. The average molecular weight is 500 g/mol. The highest BCUT2D eigenvalue weighted by Crippen LogP contribution is 2.33. The van der Waals surface area contributed by atoms with Crippen molar-refractivity contribution in [2.24, 2.45) is 0 Å². The number of amides is 1. The lowest BCUT2D eigenvalue weighted by molar-refractivity contribution is 0.102. The molecule has 1 fully saturated rings. The van der Waals surface area contributed by atoms with E-state index in [2.05, 4.69) is 14.8 Å². The molecule has 0 atom stereocenters. The molecule has 1 aromatic heterocycles. The Morgan fingerprint density at radius 2 is 1.71 bits per heavy atom. The number of carbonyl (C=O) groups excluding carboxylic acids is 1. The lowest BCUT2D eigenvalue weighted by atomic mass is 10.1. The number of anilines is 1. The Labute approximate surface area is 207 Å². The van der Waals surface area contributed by atoms with Crippen molar-refractivity contribution in [3.05, 3.63) is 76.4 Å². The van der Waals surface area contributed by atoms with E-state index >= 15 is 0 Å². The van der Waals surface area contributed by atoms with Gasteiger partial charge in [-0.05, 0) is 62.2 Å². The number of piperidine rings is 1. The Balaban J connectivity index is 1.60. The Hall–Kier alpha value is -2.61. The maximum atomic E-state index is 13.2. The van der Waals surface area contributed by atoms with Crippen LogP contribution in [0.2, 0.25) is 5.02 Å². The van der Waals surface area contributed by atoms with E-state index in [-0.39, 0.29) is 11.7 Å². The molecule has 1 amide bonds. The van der Waals surface area contributed by atoms with E-state index in [1.54, 1.807) is 24.3 Å². The number of likely N-dealkylation sites (tertiary alicyclic amines) is 1. The molecule has 6 nitrogen and oxygen atoms in total. The maximum Gasteiger partial charge on any atom is 0.257 e. The number of halogens is 1. The number of hydrogen-bond acceptors (Lipinski definition) is 4. The van der Waals surface area contributed by atoms with Gasteiger partial charge in [0.25, 0.3) is 5.91 Å². The highest BCUT2D eigenvalue weighted by Gasteiger charge is 2.21. The fourth-order valence-corrected chi connectivity index (χ4v) is 5.28. The number of nitrogens with one attached hydrogen (secondary N) is 1. The highest BCUT2D eigenvalue weighted by atomic mass is 35.5. The van der Waals surface area contributed by atoms with E-state index in [0.29, 0.717) is 21.8 Å². The normalized spacial score (nSPS) is 14.4. The molecule has 1 aliphatic heterocycles. The fraction of sp³-hybridized carbons (Fsp3) is 0.346. The van der Waals surface area contributed by atoms with Crippen LogP contribution >= 0.6 is 11.6 Å². The summed E-state index contributed by atoms with van der Waals surface area (Å²) in [6, 6.07) is 14.6. The molecule has 180 valence electrons. The number of benzene rings is 2. The van der Waals surface area contributed by atoms with Gasteiger partial charge in [0.05, 0.1) is 17.0 Å². The summed E-state index contributed by atoms with van der Waals surface area (Å²) in [5.41, 5.74) is 4.66. The van der Waals surface area contributed by atoms with Gasteiger partial charge in [-0.15, -0.1) is 0 Å². The fourth-order valence-electron chi connectivity index (χ4n) is 4.55. The van der Waals surface area contributed by atoms with Crippen molar-refractivity contribution < 1.29 is 13.2 Å². The summed E-state index contributed by atoms with van der Waals surface area (Å²) in [5, 5.41) is 3.60. The third-order valence-electron chi connectivity index (χ3n) is 6.33. The van der Waals surface area contributed by atoms with Gasteiger partial charge in [0, 0.05) is 35.6 Å². The lowest BCUT2D eigenvalue weighted by Crippen LogP contribution is -2.32. The van der Waals surface area contributed by atoms with E-state index in [4.69, 9.17) is 11.6 Å². The smallest absolute Gasteiger partial charge is 0.257 e. The molecule has 0 unspecified atom stereocenters. The highest BCUT2D eigenvalue weighted by molar-refractivity contribution is 7.71. The van der Waals surface area contributed by atoms with Gasteiger partial charge >= 0.3 is 0 Å². The molecule has 2 heterocycles. The van der Waals surface area contributed by atoms with Crippen molar-refractivity contribution in [1.82, 2.24) is 9.47 Å². The van der Waals surface area contributed by atoms with Crippen molar-refractivity contribution in [2.45, 2.75) is 38.5 Å². The van der Waals surface area contributed by atoms with E-state index in [1.165, 1.54) is 19.3 Å². The van der Waals surface area contributed by atoms with Crippen LogP contribution in [0, 0.1) is 6.92 Å².